The first-order valence-corrected chi connectivity index (χ1v) is 10.7. The van der Waals surface area contributed by atoms with Crippen molar-refractivity contribution >= 4 is 46.3 Å². The maximum atomic E-state index is 12.4. The summed E-state index contributed by atoms with van der Waals surface area (Å²) < 4.78 is 10.7. The van der Waals surface area contributed by atoms with Gasteiger partial charge in [0.2, 0.25) is 0 Å². The molecule has 1 fully saturated rings. The second kappa shape index (κ2) is 10.0. The molecule has 1 aliphatic rings. The van der Waals surface area contributed by atoms with Crippen LogP contribution in [-0.4, -0.2) is 29.1 Å². The highest BCUT2D eigenvalue weighted by Gasteiger charge is 2.24. The first kappa shape index (κ1) is 22.7. The average Bonchev–Trinajstić information content (AvgIpc) is 3.18. The number of benzene rings is 3. The average molecular weight is 475 g/mol. The van der Waals surface area contributed by atoms with Gasteiger partial charge in [0, 0.05) is 12.1 Å². The predicted molar refractivity (Wildman–Crippen MR) is 128 cm³/mol. The molecule has 4 rings (SSSR count). The Kier molecular flexibility index (Phi) is 6.69. The lowest BCUT2D eigenvalue weighted by molar-refractivity contribution is -0.384. The number of nitro groups is 1. The fourth-order valence-electron chi connectivity index (χ4n) is 2.99. The number of para-hydroxylation sites is 1. The molecule has 0 aromatic heterocycles. The van der Waals surface area contributed by atoms with Gasteiger partial charge in [0.1, 0.15) is 0 Å². The summed E-state index contributed by atoms with van der Waals surface area (Å²) in [5.41, 5.74) is 1.42. The van der Waals surface area contributed by atoms with Crippen LogP contribution in [0.5, 0.6) is 11.5 Å². The van der Waals surface area contributed by atoms with Crippen molar-refractivity contribution in [3.05, 3.63) is 98.9 Å². The van der Waals surface area contributed by atoms with E-state index in [0.717, 1.165) is 5.69 Å². The van der Waals surface area contributed by atoms with Gasteiger partial charge in [0.15, 0.2) is 16.7 Å². The summed E-state index contributed by atoms with van der Waals surface area (Å²) >= 11 is 1.21. The summed E-state index contributed by atoms with van der Waals surface area (Å²) in [5.74, 6) is -0.506. The second-order valence-corrected chi connectivity index (χ2v) is 7.95. The van der Waals surface area contributed by atoms with Crippen LogP contribution in [0.1, 0.15) is 15.9 Å². The van der Waals surface area contributed by atoms with Crippen molar-refractivity contribution in [3.63, 3.8) is 0 Å². The van der Waals surface area contributed by atoms with Crippen LogP contribution in [0, 0.1) is 10.1 Å². The molecule has 0 atom stereocenters. The molecule has 0 radical (unpaired) electrons. The molecular formula is C24H17N3O6S. The zero-order valence-corrected chi connectivity index (χ0v) is 18.6. The lowest BCUT2D eigenvalue weighted by atomic mass is 10.1. The van der Waals surface area contributed by atoms with E-state index in [-0.39, 0.29) is 28.7 Å². The van der Waals surface area contributed by atoms with Crippen LogP contribution >= 0.6 is 11.8 Å². The summed E-state index contributed by atoms with van der Waals surface area (Å²) in [6, 6.07) is 19.2. The number of amidine groups is 1. The van der Waals surface area contributed by atoms with E-state index in [1.165, 1.54) is 43.1 Å². The topological polar surface area (TPSA) is 120 Å². The van der Waals surface area contributed by atoms with E-state index in [1.807, 2.05) is 30.3 Å². The van der Waals surface area contributed by atoms with Crippen molar-refractivity contribution < 1.29 is 24.0 Å². The van der Waals surface area contributed by atoms with Crippen LogP contribution in [0.4, 0.5) is 11.4 Å². The molecule has 10 heteroatoms. The standard InChI is InChI=1S/C24H17N3O6S/c1-32-20-13-15(14-21-22(28)26-24(34-21)25-17-5-3-2-4-6-17)7-12-19(20)33-23(29)16-8-10-18(11-9-16)27(30)31/h2-14H,1H3,(H,25,26,28). The maximum absolute atomic E-state index is 12.4. The van der Waals surface area contributed by atoms with E-state index in [0.29, 0.717) is 15.6 Å². The number of thioether (sulfide) groups is 1. The minimum absolute atomic E-state index is 0.127. The zero-order valence-electron chi connectivity index (χ0n) is 17.8. The number of nitrogens with one attached hydrogen (secondary N) is 1. The Morgan fingerprint density at radius 2 is 1.79 bits per heavy atom. The molecule has 34 heavy (non-hydrogen) atoms. The van der Waals surface area contributed by atoms with Crippen molar-refractivity contribution in [3.8, 4) is 11.5 Å². The molecule has 0 unspecified atom stereocenters. The van der Waals surface area contributed by atoms with Crippen LogP contribution < -0.4 is 14.8 Å². The second-order valence-electron chi connectivity index (χ2n) is 6.92. The van der Waals surface area contributed by atoms with E-state index in [4.69, 9.17) is 9.47 Å². The number of aliphatic imine (C=N–C) groups is 1. The number of hydrogen-bond acceptors (Lipinski definition) is 8. The lowest BCUT2D eigenvalue weighted by Crippen LogP contribution is -2.19. The van der Waals surface area contributed by atoms with E-state index in [1.54, 1.807) is 24.3 Å². The summed E-state index contributed by atoms with van der Waals surface area (Å²) in [7, 11) is 1.43. The van der Waals surface area contributed by atoms with Gasteiger partial charge in [-0.15, -0.1) is 0 Å². The van der Waals surface area contributed by atoms with E-state index < -0.39 is 10.9 Å². The Hall–Kier alpha value is -4.44. The van der Waals surface area contributed by atoms with Crippen LogP contribution in [0.2, 0.25) is 0 Å². The first-order chi connectivity index (χ1) is 16.4. The molecule has 1 heterocycles. The molecule has 3 aromatic carbocycles. The highest BCUT2D eigenvalue weighted by atomic mass is 32.2. The molecule has 1 N–H and O–H groups in total. The van der Waals surface area contributed by atoms with Crippen LogP contribution in [0.3, 0.4) is 0 Å². The van der Waals surface area contributed by atoms with Gasteiger partial charge in [-0.1, -0.05) is 24.3 Å². The quantitative estimate of drug-likeness (QED) is 0.180. The zero-order chi connectivity index (χ0) is 24.1. The number of ether oxygens (including phenoxy) is 2. The Morgan fingerprint density at radius 3 is 2.47 bits per heavy atom. The van der Waals surface area contributed by atoms with Gasteiger partial charge >= 0.3 is 5.97 Å². The number of rotatable bonds is 6. The van der Waals surface area contributed by atoms with Crippen molar-refractivity contribution in [1.29, 1.82) is 0 Å². The highest BCUT2D eigenvalue weighted by molar-refractivity contribution is 8.18. The van der Waals surface area contributed by atoms with Crippen LogP contribution in [0.25, 0.3) is 6.08 Å². The van der Waals surface area contributed by atoms with E-state index in [2.05, 4.69) is 10.3 Å². The fraction of sp³-hybridized carbons (Fsp3) is 0.0417. The third-order valence-electron chi connectivity index (χ3n) is 4.64. The molecule has 9 nitrogen and oxygen atoms in total. The van der Waals surface area contributed by atoms with Gasteiger partial charge in [-0.25, -0.2) is 9.79 Å². The van der Waals surface area contributed by atoms with Crippen LogP contribution in [0.15, 0.2) is 82.7 Å². The van der Waals surface area contributed by atoms with Crippen molar-refractivity contribution in [2.24, 2.45) is 4.99 Å². The molecular weight excluding hydrogens is 458 g/mol. The normalized spacial score (nSPS) is 15.3. The largest absolute Gasteiger partial charge is 0.493 e. The number of hydrogen-bond donors (Lipinski definition) is 1. The summed E-state index contributed by atoms with van der Waals surface area (Å²) in [5, 5.41) is 14.0. The van der Waals surface area contributed by atoms with Crippen molar-refractivity contribution in [2.75, 3.05) is 7.11 Å². The molecule has 0 aliphatic carbocycles. The Labute approximate surface area is 198 Å². The number of non-ortho nitro benzene ring substituents is 1. The molecule has 1 aliphatic heterocycles. The SMILES string of the molecule is COc1cc(C=C2SC(=Nc3ccccc3)NC2=O)ccc1OC(=O)c1ccc([N+](=O)[O-])cc1. The van der Waals surface area contributed by atoms with Gasteiger partial charge in [-0.05, 0) is 59.8 Å². The Morgan fingerprint density at radius 1 is 1.06 bits per heavy atom. The number of carbonyl (C=O) groups is 2. The third-order valence-corrected chi connectivity index (χ3v) is 5.55. The molecule has 0 bridgehead atoms. The third kappa shape index (κ3) is 5.30. The highest BCUT2D eigenvalue weighted by Crippen LogP contribution is 2.32. The van der Waals surface area contributed by atoms with Gasteiger partial charge in [-0.2, -0.15) is 0 Å². The van der Waals surface area contributed by atoms with Crippen molar-refractivity contribution in [2.45, 2.75) is 0 Å². The van der Waals surface area contributed by atoms with Gasteiger partial charge in [-0.3, -0.25) is 14.9 Å². The van der Waals surface area contributed by atoms with Crippen LogP contribution in [-0.2, 0) is 4.79 Å². The monoisotopic (exact) mass is 475 g/mol. The minimum Gasteiger partial charge on any atom is -0.493 e. The smallest absolute Gasteiger partial charge is 0.343 e. The fourth-order valence-corrected chi connectivity index (χ4v) is 3.83. The minimum atomic E-state index is -0.688. The van der Waals surface area contributed by atoms with E-state index in [9.17, 15) is 19.7 Å². The van der Waals surface area contributed by atoms with Gasteiger partial charge in [0.05, 0.1) is 28.2 Å². The summed E-state index contributed by atoms with van der Waals surface area (Å²) in [6.45, 7) is 0. The summed E-state index contributed by atoms with van der Waals surface area (Å²) in [6.07, 6.45) is 1.68. The maximum Gasteiger partial charge on any atom is 0.343 e. The summed E-state index contributed by atoms with van der Waals surface area (Å²) in [4.78, 5) is 39.9. The molecule has 0 spiro atoms. The lowest BCUT2D eigenvalue weighted by Gasteiger charge is -2.10. The van der Waals surface area contributed by atoms with E-state index >= 15 is 0 Å². The predicted octanol–water partition coefficient (Wildman–Crippen LogP) is 4.71. The number of nitro benzene ring substituents is 1. The number of esters is 1. The Balaban J connectivity index is 1.50. The molecule has 3 aromatic rings. The molecule has 0 saturated carbocycles. The van der Waals surface area contributed by atoms with Crippen molar-refractivity contribution in [1.82, 2.24) is 5.32 Å². The number of amides is 1. The van der Waals surface area contributed by atoms with Gasteiger partial charge < -0.3 is 14.8 Å². The molecule has 170 valence electrons. The number of carbonyl (C=O) groups excluding carboxylic acids is 2. The van der Waals surface area contributed by atoms with Gasteiger partial charge in [0.25, 0.3) is 11.6 Å². The number of nitrogens with zero attached hydrogens (tertiary/aromatic N) is 2. The first-order valence-electron chi connectivity index (χ1n) is 9.92. The number of methoxy groups -OCH3 is 1. The molecule has 1 saturated heterocycles. The molecule has 1 amide bonds. The Bertz CT molecular complexity index is 1320.